The zero-order chi connectivity index (χ0) is 23.1. The Labute approximate surface area is 185 Å². The molecule has 8 nitrogen and oxygen atoms in total. The van der Waals surface area contributed by atoms with Gasteiger partial charge in [-0.3, -0.25) is 9.59 Å². The van der Waals surface area contributed by atoms with E-state index in [1.165, 1.54) is 0 Å². The van der Waals surface area contributed by atoms with Gasteiger partial charge in [0.05, 0.1) is 11.7 Å². The molecule has 4 fully saturated rings. The molecule has 0 radical (unpaired) electrons. The minimum atomic E-state index is -1.38. The first-order valence-corrected chi connectivity index (χ1v) is 11.0. The Kier molecular flexibility index (Phi) is 4.31. The molecule has 5 aliphatic rings. The molecular weight excluding hydrogens is 414 g/mol. The summed E-state index contributed by atoms with van der Waals surface area (Å²) in [5.41, 5.74) is -1.75. The van der Waals surface area contributed by atoms with Crippen LogP contribution < -0.4 is 5.32 Å². The van der Waals surface area contributed by atoms with Gasteiger partial charge in [-0.2, -0.15) is 0 Å². The van der Waals surface area contributed by atoms with Crippen molar-refractivity contribution in [1.82, 2.24) is 0 Å². The lowest BCUT2D eigenvalue weighted by atomic mass is 9.51. The molecule has 6 rings (SSSR count). The van der Waals surface area contributed by atoms with Crippen molar-refractivity contribution >= 4 is 23.3 Å². The smallest absolute Gasteiger partial charge is 0.339 e. The van der Waals surface area contributed by atoms with Crippen molar-refractivity contribution < 1.29 is 34.4 Å². The predicted octanol–water partition coefficient (Wildman–Crippen LogP) is 3.23. The maximum absolute atomic E-state index is 13.1. The molecule has 3 aliphatic carbocycles. The molecule has 32 heavy (non-hydrogen) atoms. The van der Waals surface area contributed by atoms with Crippen molar-refractivity contribution in [2.75, 3.05) is 5.32 Å². The third-order valence-electron chi connectivity index (χ3n) is 8.44. The van der Waals surface area contributed by atoms with Gasteiger partial charge in [-0.25, -0.2) is 4.79 Å². The van der Waals surface area contributed by atoms with Crippen molar-refractivity contribution in [3.63, 3.8) is 0 Å². The van der Waals surface area contributed by atoms with Gasteiger partial charge >= 0.3 is 5.97 Å². The van der Waals surface area contributed by atoms with Gasteiger partial charge in [0.15, 0.2) is 11.5 Å². The maximum atomic E-state index is 13.1. The molecule has 8 heteroatoms. The third kappa shape index (κ3) is 2.75. The van der Waals surface area contributed by atoms with E-state index in [0.29, 0.717) is 5.92 Å². The Morgan fingerprint density at radius 3 is 2.69 bits per heavy atom. The van der Waals surface area contributed by atoms with Gasteiger partial charge in [0.1, 0.15) is 17.0 Å². The lowest BCUT2D eigenvalue weighted by Gasteiger charge is -2.55. The molecule has 1 amide bonds. The Hall–Kier alpha value is -2.87. The number of phenolic OH excluding ortho intramolecular Hbond substituents is 1. The molecule has 4 N–H and O–H groups in total. The van der Waals surface area contributed by atoms with E-state index in [9.17, 15) is 24.6 Å². The highest BCUT2D eigenvalue weighted by Gasteiger charge is 2.71. The highest BCUT2D eigenvalue weighted by Crippen LogP contribution is 2.71. The topological polar surface area (TPSA) is 133 Å². The molecule has 6 atom stereocenters. The fraction of sp³-hybridized carbons (Fsp3) is 0.542. The molecular formula is C24H27NO7. The molecule has 170 valence electrons. The summed E-state index contributed by atoms with van der Waals surface area (Å²) in [6.07, 6.45) is 6.86. The van der Waals surface area contributed by atoms with Gasteiger partial charge in [0, 0.05) is 17.8 Å². The van der Waals surface area contributed by atoms with Crippen LogP contribution in [0.2, 0.25) is 0 Å². The third-order valence-corrected chi connectivity index (χ3v) is 8.44. The quantitative estimate of drug-likeness (QED) is 0.516. The van der Waals surface area contributed by atoms with E-state index in [1.807, 2.05) is 6.92 Å². The minimum Gasteiger partial charge on any atom is -0.506 e. The van der Waals surface area contributed by atoms with Crippen molar-refractivity contribution in [3.8, 4) is 11.5 Å². The summed E-state index contributed by atoms with van der Waals surface area (Å²) < 4.78 is 6.41. The number of hydrogen-bond donors (Lipinski definition) is 4. The number of carboxylic acid groups (broad SMARTS) is 1. The van der Waals surface area contributed by atoms with Crippen molar-refractivity contribution in [2.24, 2.45) is 22.7 Å². The van der Waals surface area contributed by atoms with Gasteiger partial charge in [-0.05, 0) is 62.1 Å². The first kappa shape index (κ1) is 21.0. The predicted molar refractivity (Wildman–Crippen MR) is 113 cm³/mol. The number of hydrogen-bond acceptors (Lipinski definition) is 6. The van der Waals surface area contributed by atoms with Crippen LogP contribution in [0, 0.1) is 22.7 Å². The zero-order valence-electron chi connectivity index (χ0n) is 18.1. The lowest BCUT2D eigenvalue weighted by molar-refractivity contribution is -0.169. The highest BCUT2D eigenvalue weighted by molar-refractivity contribution is 6.00. The monoisotopic (exact) mass is 441 g/mol. The summed E-state index contributed by atoms with van der Waals surface area (Å²) in [5, 5.41) is 31.7. The number of carbonyl (C=O) groups excluding carboxylic acids is 2. The van der Waals surface area contributed by atoms with E-state index < -0.39 is 34.4 Å². The van der Waals surface area contributed by atoms with Crippen LogP contribution in [-0.2, 0) is 14.3 Å². The first-order valence-electron chi connectivity index (χ1n) is 11.0. The number of allylic oxidation sites excluding steroid dienone is 2. The number of ether oxygens (including phenoxy) is 1. The average Bonchev–Trinajstić information content (AvgIpc) is 3.08. The van der Waals surface area contributed by atoms with Crippen LogP contribution in [0.5, 0.6) is 11.5 Å². The number of aromatic carboxylic acids is 1. The van der Waals surface area contributed by atoms with E-state index in [2.05, 4.69) is 18.3 Å². The summed E-state index contributed by atoms with van der Waals surface area (Å²) in [7, 11) is 0. The molecule has 2 aliphatic heterocycles. The fourth-order valence-electron chi connectivity index (χ4n) is 7.09. The number of carbonyl (C=O) groups is 3. The molecule has 4 bridgehead atoms. The van der Waals surface area contributed by atoms with E-state index in [0.717, 1.165) is 31.4 Å². The maximum Gasteiger partial charge on any atom is 0.339 e. The largest absolute Gasteiger partial charge is 0.506 e. The van der Waals surface area contributed by atoms with E-state index in [-0.39, 0.29) is 47.4 Å². The second-order valence-corrected chi connectivity index (χ2v) is 10.3. The van der Waals surface area contributed by atoms with Crippen molar-refractivity contribution in [2.45, 2.75) is 57.7 Å². The van der Waals surface area contributed by atoms with Gasteiger partial charge in [-0.1, -0.05) is 13.0 Å². The first-order chi connectivity index (χ1) is 15.0. The Bertz CT molecular complexity index is 1080. The van der Waals surface area contributed by atoms with Crippen LogP contribution in [0.15, 0.2) is 24.3 Å². The van der Waals surface area contributed by atoms with Crippen LogP contribution >= 0.6 is 0 Å². The number of aromatic hydroxyl groups is 2. The summed E-state index contributed by atoms with van der Waals surface area (Å²) >= 11 is 0. The molecule has 1 aromatic carbocycles. The zero-order valence-corrected chi connectivity index (χ0v) is 18.1. The van der Waals surface area contributed by atoms with Crippen LogP contribution in [0.1, 0.15) is 56.3 Å². The molecule has 1 aromatic rings. The SMILES string of the molecule is C[C@]12C[C@]34C=CC(=O)[C@@](C)(CCC(=O)Nc5c(O)ccc(C(=O)O)c5O)[C@H]3[C@H](C[C@@H]1C4)O2. The van der Waals surface area contributed by atoms with Crippen molar-refractivity contribution in [3.05, 3.63) is 29.8 Å². The summed E-state index contributed by atoms with van der Waals surface area (Å²) in [5.74, 6) is -2.55. The standard InChI is InChI=1S/C24H27NO7/c1-22(7-6-17(28)25-18-14(26)4-3-13(19(18)29)21(30)31)16(27)5-8-24-10-12-9-15(20(22)24)32-23(12,2)11-24/h3-5,8,12,15,20,26,29H,6-7,9-11H2,1-2H3,(H,25,28)(H,30,31)/t12-,15+,20-,22-,23+,24-/m1/s1. The van der Waals surface area contributed by atoms with Gasteiger partial charge in [0.2, 0.25) is 5.91 Å². The summed E-state index contributed by atoms with van der Waals surface area (Å²) in [6.45, 7) is 4.08. The van der Waals surface area contributed by atoms with Gasteiger partial charge < -0.3 is 25.4 Å². The van der Waals surface area contributed by atoms with Crippen LogP contribution in [0.3, 0.4) is 0 Å². The number of ketones is 1. The van der Waals surface area contributed by atoms with Gasteiger partial charge in [-0.15, -0.1) is 0 Å². The molecule has 0 aromatic heterocycles. The molecule has 2 saturated carbocycles. The summed E-state index contributed by atoms with van der Waals surface area (Å²) in [4.78, 5) is 37.0. The number of amides is 1. The normalized spacial score (nSPS) is 38.7. The van der Waals surface area contributed by atoms with Crippen LogP contribution in [0.4, 0.5) is 5.69 Å². The molecule has 2 heterocycles. The second kappa shape index (κ2) is 6.57. The van der Waals surface area contributed by atoms with E-state index in [1.54, 1.807) is 6.08 Å². The Morgan fingerprint density at radius 2 is 2.00 bits per heavy atom. The number of carboxylic acids is 1. The minimum absolute atomic E-state index is 0.00395. The fourth-order valence-corrected chi connectivity index (χ4v) is 7.09. The lowest BCUT2D eigenvalue weighted by Crippen LogP contribution is -2.56. The van der Waals surface area contributed by atoms with Crippen LogP contribution in [-0.4, -0.2) is 44.7 Å². The Morgan fingerprint density at radius 1 is 1.25 bits per heavy atom. The summed E-state index contributed by atoms with van der Waals surface area (Å²) in [6, 6.07) is 2.16. The van der Waals surface area contributed by atoms with E-state index in [4.69, 9.17) is 9.84 Å². The number of rotatable bonds is 5. The van der Waals surface area contributed by atoms with Crippen molar-refractivity contribution in [1.29, 1.82) is 0 Å². The number of anilines is 1. The van der Waals surface area contributed by atoms with Crippen LogP contribution in [0.25, 0.3) is 0 Å². The number of phenols is 2. The highest BCUT2D eigenvalue weighted by atomic mass is 16.5. The number of benzene rings is 1. The molecule has 0 unspecified atom stereocenters. The Balaban J connectivity index is 1.36. The molecule has 1 spiro atoms. The number of nitrogens with one attached hydrogen (secondary N) is 1. The molecule has 2 saturated heterocycles. The van der Waals surface area contributed by atoms with E-state index >= 15 is 0 Å². The van der Waals surface area contributed by atoms with Gasteiger partial charge in [0.25, 0.3) is 0 Å². The second-order valence-electron chi connectivity index (χ2n) is 10.3. The average molecular weight is 441 g/mol.